The number of fused-ring (bicyclic) bond motifs is 2. The number of hydrogen-bond donors (Lipinski definition) is 1. The van der Waals surface area contributed by atoms with Crippen molar-refractivity contribution in [2.24, 2.45) is 0 Å². The highest BCUT2D eigenvalue weighted by atomic mass is 35.5. The van der Waals surface area contributed by atoms with Crippen LogP contribution in [0.4, 0.5) is 11.6 Å². The fourth-order valence-electron chi connectivity index (χ4n) is 2.25. The number of hydrogen-bond acceptors (Lipinski definition) is 3. The van der Waals surface area contributed by atoms with Gasteiger partial charge in [-0.25, -0.2) is 4.79 Å². The molecular formula is C13H11Cl2N4O2+. The molecule has 0 amide bonds. The first-order chi connectivity index (χ1) is 9.95. The lowest BCUT2D eigenvalue weighted by molar-refractivity contribution is -0.415. The SMILES string of the molecule is Cc1c2on(c1=O)C(N(C=N)c1ccc(Cl)c(Cl)c1)=[N+]2C. The summed E-state index contributed by atoms with van der Waals surface area (Å²) in [5.41, 5.74) is 0.883. The molecule has 8 heteroatoms. The lowest BCUT2D eigenvalue weighted by Crippen LogP contribution is -2.43. The number of benzene rings is 1. The zero-order chi connectivity index (χ0) is 15.3. The van der Waals surface area contributed by atoms with Gasteiger partial charge in [0.2, 0.25) is 0 Å². The third-order valence-electron chi connectivity index (χ3n) is 3.32. The second kappa shape index (κ2) is 4.75. The van der Waals surface area contributed by atoms with Crippen molar-refractivity contribution in [3.8, 4) is 0 Å². The molecule has 0 saturated heterocycles. The second-order valence-electron chi connectivity index (χ2n) is 4.58. The van der Waals surface area contributed by atoms with E-state index in [-0.39, 0.29) is 5.56 Å². The van der Waals surface area contributed by atoms with E-state index in [2.05, 4.69) is 0 Å². The van der Waals surface area contributed by atoms with Crippen LogP contribution in [0.1, 0.15) is 5.56 Å². The Morgan fingerprint density at radius 1 is 1.38 bits per heavy atom. The zero-order valence-corrected chi connectivity index (χ0v) is 12.7. The van der Waals surface area contributed by atoms with Gasteiger partial charge < -0.3 is 0 Å². The average Bonchev–Trinajstić information content (AvgIpc) is 2.93. The minimum atomic E-state index is -0.245. The first-order valence-corrected chi connectivity index (χ1v) is 6.80. The van der Waals surface area contributed by atoms with E-state index in [0.717, 1.165) is 11.1 Å². The van der Waals surface area contributed by atoms with Crippen LogP contribution in [0.3, 0.4) is 0 Å². The van der Waals surface area contributed by atoms with Crippen LogP contribution in [0.15, 0.2) is 27.5 Å². The van der Waals surface area contributed by atoms with Gasteiger partial charge in [0.25, 0.3) is 0 Å². The van der Waals surface area contributed by atoms with Crippen molar-refractivity contribution >= 4 is 47.1 Å². The van der Waals surface area contributed by atoms with Crippen LogP contribution in [-0.4, -0.2) is 28.7 Å². The van der Waals surface area contributed by atoms with E-state index in [9.17, 15) is 4.79 Å². The van der Waals surface area contributed by atoms with Gasteiger partial charge in [-0.05, 0) is 29.9 Å². The summed E-state index contributed by atoms with van der Waals surface area (Å²) in [6, 6.07) is 4.96. The van der Waals surface area contributed by atoms with Crippen molar-refractivity contribution in [3.63, 3.8) is 0 Å². The summed E-state index contributed by atoms with van der Waals surface area (Å²) in [5.74, 6) is 0.871. The monoisotopic (exact) mass is 325 g/mol. The number of nitrogens with zero attached hydrogens (tertiary/aromatic N) is 3. The Bertz CT molecular complexity index is 850. The molecule has 0 saturated carbocycles. The zero-order valence-electron chi connectivity index (χ0n) is 11.2. The molecule has 1 N–H and O–H groups in total. The Morgan fingerprint density at radius 3 is 2.67 bits per heavy atom. The summed E-state index contributed by atoms with van der Waals surface area (Å²) in [4.78, 5) is 13.5. The largest absolute Gasteiger partial charge is 0.414 e. The van der Waals surface area contributed by atoms with E-state index in [1.807, 2.05) is 0 Å². The van der Waals surface area contributed by atoms with Gasteiger partial charge in [0.05, 0.1) is 17.1 Å². The van der Waals surface area contributed by atoms with E-state index in [1.165, 1.54) is 4.90 Å². The Labute approximate surface area is 129 Å². The molecule has 0 unspecified atom stereocenters. The van der Waals surface area contributed by atoms with E-state index in [4.69, 9.17) is 33.1 Å². The molecular weight excluding hydrogens is 315 g/mol. The quantitative estimate of drug-likeness (QED) is 0.524. The van der Waals surface area contributed by atoms with E-state index < -0.39 is 0 Å². The van der Waals surface area contributed by atoms with Gasteiger partial charge in [0, 0.05) is 0 Å². The molecule has 3 rings (SSSR count). The fraction of sp³-hybridized carbons (Fsp3) is 0.154. The molecule has 0 fully saturated rings. The molecule has 108 valence electrons. The summed E-state index contributed by atoms with van der Waals surface area (Å²) in [6.07, 6.45) is 1.08. The molecule has 0 atom stereocenters. The Kier molecular flexibility index (Phi) is 3.15. The minimum absolute atomic E-state index is 0.245. The number of halogens is 2. The molecule has 2 heterocycles. The van der Waals surface area contributed by atoms with E-state index in [0.29, 0.717) is 33.1 Å². The molecule has 0 spiro atoms. The molecule has 1 aliphatic heterocycles. The summed E-state index contributed by atoms with van der Waals surface area (Å²) in [7, 11) is 1.76. The maximum absolute atomic E-state index is 12.0. The van der Waals surface area contributed by atoms with Crippen LogP contribution < -0.4 is 10.5 Å². The number of aromatic nitrogens is 1. The highest BCUT2D eigenvalue weighted by Crippen LogP contribution is 2.29. The van der Waals surface area contributed by atoms with Crippen LogP contribution in [0.2, 0.25) is 10.0 Å². The predicted molar refractivity (Wildman–Crippen MR) is 81.7 cm³/mol. The molecule has 1 aliphatic rings. The molecule has 0 radical (unpaired) electrons. The topological polar surface area (TPSA) is 65.2 Å². The maximum Gasteiger partial charge on any atom is 0.414 e. The van der Waals surface area contributed by atoms with Crippen molar-refractivity contribution in [1.29, 1.82) is 5.41 Å². The minimum Gasteiger partial charge on any atom is -0.278 e. The standard InChI is InChI=1S/C13H11Cl2N4O2/c1-7-11(20)19-13(17(2)12(7)21-19)18(6-16)8-3-4-9(14)10(15)5-8/h3-6,16H,1-2H3/q+1. The normalized spacial score (nSPS) is 13.0. The fourth-order valence-corrected chi connectivity index (χ4v) is 2.55. The number of nitrogens with one attached hydrogen (secondary N) is 1. The van der Waals surface area contributed by atoms with Gasteiger partial charge in [-0.2, -0.15) is 9.48 Å². The third kappa shape index (κ3) is 1.91. The van der Waals surface area contributed by atoms with Crippen molar-refractivity contribution in [1.82, 2.24) is 4.74 Å². The highest BCUT2D eigenvalue weighted by Gasteiger charge is 2.39. The first-order valence-electron chi connectivity index (χ1n) is 6.04. The van der Waals surface area contributed by atoms with Crippen LogP contribution >= 0.6 is 23.2 Å². The molecule has 1 aromatic carbocycles. The van der Waals surface area contributed by atoms with Gasteiger partial charge in [-0.15, -0.1) is 0 Å². The highest BCUT2D eigenvalue weighted by molar-refractivity contribution is 6.42. The lowest BCUT2D eigenvalue weighted by Gasteiger charge is -2.13. The Morgan fingerprint density at radius 2 is 2.10 bits per heavy atom. The van der Waals surface area contributed by atoms with Crippen LogP contribution in [-0.2, 0) is 0 Å². The Hall–Kier alpha value is -2.05. The van der Waals surface area contributed by atoms with Gasteiger partial charge >= 0.3 is 17.4 Å². The third-order valence-corrected chi connectivity index (χ3v) is 4.06. The summed E-state index contributed by atoms with van der Waals surface area (Å²) >= 11 is 11.9. The average molecular weight is 326 g/mol. The predicted octanol–water partition coefficient (Wildman–Crippen LogP) is 2.66. The molecule has 6 nitrogen and oxygen atoms in total. The molecule has 1 aromatic heterocycles. The molecule has 0 aliphatic carbocycles. The maximum atomic E-state index is 12.0. The van der Waals surface area contributed by atoms with Crippen LogP contribution in [0, 0.1) is 12.3 Å². The summed E-state index contributed by atoms with van der Waals surface area (Å²) in [6.45, 7) is 1.69. The summed E-state index contributed by atoms with van der Waals surface area (Å²) in [5, 5.41) is 8.43. The van der Waals surface area contributed by atoms with Gasteiger partial charge in [-0.3, -0.25) is 9.93 Å². The molecule has 2 aromatic rings. The second-order valence-corrected chi connectivity index (χ2v) is 5.39. The van der Waals surface area contributed by atoms with Gasteiger partial charge in [-0.1, -0.05) is 23.2 Å². The lowest BCUT2D eigenvalue weighted by atomic mass is 10.3. The molecule has 21 heavy (non-hydrogen) atoms. The van der Waals surface area contributed by atoms with Crippen molar-refractivity contribution in [3.05, 3.63) is 44.2 Å². The van der Waals surface area contributed by atoms with Gasteiger partial charge in [0.15, 0.2) is 6.34 Å². The number of anilines is 1. The molecule has 2 bridgehead atoms. The Balaban J connectivity index is 2.15. The van der Waals surface area contributed by atoms with Crippen molar-refractivity contribution in [2.75, 3.05) is 11.9 Å². The van der Waals surface area contributed by atoms with Gasteiger partial charge in [0.1, 0.15) is 11.3 Å². The van der Waals surface area contributed by atoms with Crippen molar-refractivity contribution in [2.45, 2.75) is 6.92 Å². The number of rotatable bonds is 2. The first kappa shape index (κ1) is 13.9. The van der Waals surface area contributed by atoms with Crippen molar-refractivity contribution < 1.29 is 9.10 Å². The van der Waals surface area contributed by atoms with E-state index >= 15 is 0 Å². The summed E-state index contributed by atoms with van der Waals surface area (Å²) < 4.78 is 8.28. The smallest absolute Gasteiger partial charge is 0.278 e. The van der Waals surface area contributed by atoms with E-state index in [1.54, 1.807) is 36.7 Å². The van der Waals surface area contributed by atoms with Crippen LogP contribution in [0.5, 0.6) is 0 Å². The van der Waals surface area contributed by atoms with Crippen LogP contribution in [0.25, 0.3) is 0 Å².